The van der Waals surface area contributed by atoms with Gasteiger partial charge in [0.25, 0.3) is 0 Å². The Morgan fingerprint density at radius 3 is 2.12 bits per heavy atom. The third-order valence-corrected chi connectivity index (χ3v) is 3.70. The van der Waals surface area contributed by atoms with Crippen LogP contribution < -0.4 is 5.73 Å². The van der Waals surface area contributed by atoms with Gasteiger partial charge in [0.2, 0.25) is 5.88 Å². The van der Waals surface area contributed by atoms with E-state index in [0.29, 0.717) is 5.56 Å². The molecule has 7 heteroatoms. The summed E-state index contributed by atoms with van der Waals surface area (Å²) in [5.41, 5.74) is 6.69. The molecule has 25 heavy (non-hydrogen) atoms. The summed E-state index contributed by atoms with van der Waals surface area (Å²) in [6.07, 6.45) is 0. The molecule has 0 fully saturated rings. The molecule has 0 saturated carbocycles. The number of esters is 2. The maximum Gasteiger partial charge on any atom is 0.340 e. The second-order valence-corrected chi connectivity index (χ2v) is 5.32. The number of aromatic hydroxyl groups is 1. The van der Waals surface area contributed by atoms with Crippen molar-refractivity contribution in [3.63, 3.8) is 0 Å². The molecule has 1 aromatic carbocycles. The highest BCUT2D eigenvalue weighted by molar-refractivity contribution is 5.99. The van der Waals surface area contributed by atoms with Gasteiger partial charge < -0.3 is 25.1 Å². The molecule has 0 bridgehead atoms. The van der Waals surface area contributed by atoms with Gasteiger partial charge >= 0.3 is 11.9 Å². The lowest BCUT2D eigenvalue weighted by molar-refractivity contribution is -0.140. The van der Waals surface area contributed by atoms with Crippen molar-refractivity contribution in [3.8, 4) is 5.75 Å². The molecular formula is C18H21NO6. The van der Waals surface area contributed by atoms with Gasteiger partial charge in [0.15, 0.2) is 0 Å². The second kappa shape index (κ2) is 7.74. The number of carbonyl (C=O) groups is 2. The number of nitrogens with two attached hydrogens (primary N) is 1. The first kappa shape index (κ1) is 18.4. The van der Waals surface area contributed by atoms with Crippen LogP contribution in [0.4, 0.5) is 0 Å². The molecule has 1 heterocycles. The molecule has 1 aromatic rings. The smallest absolute Gasteiger partial charge is 0.340 e. The Balaban J connectivity index is 2.61. The number of carbonyl (C=O) groups excluding carboxylic acids is 2. The Kier molecular flexibility index (Phi) is 5.69. The molecule has 0 radical (unpaired) electrons. The largest absolute Gasteiger partial charge is 0.508 e. The summed E-state index contributed by atoms with van der Waals surface area (Å²) in [6.45, 7) is 5.25. The standard InChI is InChI=1S/C18H21NO6/c1-4-23-17(21)13-10(3)25-16(19)15(18(22)24-5-2)14(13)11-6-8-12(20)9-7-11/h6-9,14,20H,4-5,19H2,1-3H3/t14-/m0/s1. The van der Waals surface area contributed by atoms with E-state index in [0.717, 1.165) is 0 Å². The zero-order valence-electron chi connectivity index (χ0n) is 14.4. The molecule has 1 aliphatic heterocycles. The van der Waals surface area contributed by atoms with Crippen molar-refractivity contribution in [2.45, 2.75) is 26.7 Å². The minimum absolute atomic E-state index is 0.0289. The van der Waals surface area contributed by atoms with Crippen LogP contribution in [-0.4, -0.2) is 30.3 Å². The lowest BCUT2D eigenvalue weighted by Gasteiger charge is -2.28. The molecule has 0 aliphatic carbocycles. The van der Waals surface area contributed by atoms with E-state index in [4.69, 9.17) is 19.9 Å². The van der Waals surface area contributed by atoms with Gasteiger partial charge in [-0.25, -0.2) is 9.59 Å². The Morgan fingerprint density at radius 2 is 1.60 bits per heavy atom. The summed E-state index contributed by atoms with van der Waals surface area (Å²) < 4.78 is 15.6. The van der Waals surface area contributed by atoms with Crippen molar-refractivity contribution in [2.75, 3.05) is 13.2 Å². The minimum Gasteiger partial charge on any atom is -0.508 e. The van der Waals surface area contributed by atoms with Crippen molar-refractivity contribution in [3.05, 3.63) is 52.6 Å². The van der Waals surface area contributed by atoms with Crippen molar-refractivity contribution in [1.82, 2.24) is 0 Å². The van der Waals surface area contributed by atoms with Crippen LogP contribution in [0.25, 0.3) is 0 Å². The lowest BCUT2D eigenvalue weighted by Crippen LogP contribution is -2.30. The molecule has 134 valence electrons. The minimum atomic E-state index is -0.813. The molecule has 0 unspecified atom stereocenters. The SMILES string of the molecule is CCOC(=O)C1=C(C)OC(N)=C(C(=O)OCC)[C@H]1c1ccc(O)cc1. The molecule has 2 rings (SSSR count). The quantitative estimate of drug-likeness (QED) is 0.785. The van der Waals surface area contributed by atoms with Crippen molar-refractivity contribution < 1.29 is 28.9 Å². The summed E-state index contributed by atoms with van der Waals surface area (Å²) in [7, 11) is 0. The predicted octanol–water partition coefficient (Wildman–Crippen LogP) is 2.08. The van der Waals surface area contributed by atoms with E-state index in [1.54, 1.807) is 32.9 Å². The molecule has 0 spiro atoms. The number of ether oxygens (including phenoxy) is 3. The maximum absolute atomic E-state index is 12.5. The number of phenolic OH excluding ortho intramolecular Hbond substituents is 1. The van der Waals surface area contributed by atoms with E-state index in [9.17, 15) is 14.7 Å². The fourth-order valence-corrected chi connectivity index (χ4v) is 2.66. The molecule has 1 atom stereocenters. The predicted molar refractivity (Wildman–Crippen MR) is 89.1 cm³/mol. The average Bonchev–Trinajstić information content (AvgIpc) is 2.55. The van der Waals surface area contributed by atoms with E-state index in [1.807, 2.05) is 0 Å². The zero-order valence-corrected chi connectivity index (χ0v) is 14.4. The van der Waals surface area contributed by atoms with Gasteiger partial charge in [-0.2, -0.15) is 0 Å². The van der Waals surface area contributed by atoms with Crippen LogP contribution in [0.3, 0.4) is 0 Å². The highest BCUT2D eigenvalue weighted by atomic mass is 16.5. The number of benzene rings is 1. The van der Waals surface area contributed by atoms with E-state index < -0.39 is 17.9 Å². The highest BCUT2D eigenvalue weighted by Gasteiger charge is 2.39. The second-order valence-electron chi connectivity index (χ2n) is 5.32. The maximum atomic E-state index is 12.5. The molecule has 1 aliphatic rings. The third kappa shape index (κ3) is 3.76. The highest BCUT2D eigenvalue weighted by Crippen LogP contribution is 2.40. The summed E-state index contributed by atoms with van der Waals surface area (Å²) >= 11 is 0. The molecule has 3 N–H and O–H groups in total. The van der Waals surface area contributed by atoms with Crippen LogP contribution in [0.2, 0.25) is 0 Å². The van der Waals surface area contributed by atoms with Gasteiger partial charge in [-0.05, 0) is 38.5 Å². The van der Waals surface area contributed by atoms with Crippen LogP contribution >= 0.6 is 0 Å². The van der Waals surface area contributed by atoms with E-state index in [1.165, 1.54) is 12.1 Å². The van der Waals surface area contributed by atoms with E-state index >= 15 is 0 Å². The Morgan fingerprint density at radius 1 is 1.08 bits per heavy atom. The average molecular weight is 347 g/mol. The first-order valence-electron chi connectivity index (χ1n) is 7.92. The number of hydrogen-bond donors (Lipinski definition) is 2. The van der Waals surface area contributed by atoms with Crippen molar-refractivity contribution >= 4 is 11.9 Å². The summed E-state index contributed by atoms with van der Waals surface area (Å²) in [5.74, 6) is -1.90. The van der Waals surface area contributed by atoms with E-state index in [2.05, 4.69) is 0 Å². The Bertz CT molecular complexity index is 692. The Labute approximate surface area is 145 Å². The number of allylic oxidation sites excluding steroid dienone is 1. The van der Waals surface area contributed by atoms with Gasteiger partial charge in [-0.1, -0.05) is 12.1 Å². The first-order valence-corrected chi connectivity index (χ1v) is 7.92. The lowest BCUT2D eigenvalue weighted by atomic mass is 9.82. The van der Waals surface area contributed by atoms with Crippen LogP contribution in [0, 0.1) is 0 Å². The monoisotopic (exact) mass is 347 g/mol. The fourth-order valence-electron chi connectivity index (χ4n) is 2.66. The molecule has 0 amide bonds. The topological polar surface area (TPSA) is 108 Å². The molecule has 0 aromatic heterocycles. The molecular weight excluding hydrogens is 326 g/mol. The normalized spacial score (nSPS) is 17.2. The molecule has 0 saturated heterocycles. The van der Waals surface area contributed by atoms with Crippen molar-refractivity contribution in [2.24, 2.45) is 5.73 Å². The Hall–Kier alpha value is -2.96. The zero-order chi connectivity index (χ0) is 18.6. The van der Waals surface area contributed by atoms with Crippen LogP contribution in [0.15, 0.2) is 47.1 Å². The number of hydrogen-bond acceptors (Lipinski definition) is 7. The van der Waals surface area contributed by atoms with Gasteiger partial charge in [0, 0.05) is 0 Å². The summed E-state index contributed by atoms with van der Waals surface area (Å²) in [5, 5.41) is 9.52. The van der Waals surface area contributed by atoms with Crippen molar-refractivity contribution in [1.29, 1.82) is 0 Å². The number of phenols is 1. The van der Waals surface area contributed by atoms with Gasteiger partial charge in [0.05, 0.1) is 24.7 Å². The summed E-state index contributed by atoms with van der Waals surface area (Å²) in [4.78, 5) is 24.9. The first-order chi connectivity index (χ1) is 11.9. The molecule has 7 nitrogen and oxygen atoms in total. The number of rotatable bonds is 5. The summed E-state index contributed by atoms with van der Waals surface area (Å²) in [6, 6.07) is 6.12. The van der Waals surface area contributed by atoms with Gasteiger partial charge in [-0.15, -0.1) is 0 Å². The van der Waals surface area contributed by atoms with Crippen LogP contribution in [0.1, 0.15) is 32.3 Å². The van der Waals surface area contributed by atoms with E-state index in [-0.39, 0.29) is 41.8 Å². The fraction of sp³-hybridized carbons (Fsp3) is 0.333. The van der Waals surface area contributed by atoms with Gasteiger partial charge in [-0.3, -0.25) is 0 Å². The third-order valence-electron chi connectivity index (χ3n) is 3.70. The van der Waals surface area contributed by atoms with Crippen LogP contribution in [-0.2, 0) is 23.8 Å². The van der Waals surface area contributed by atoms with Gasteiger partial charge in [0.1, 0.15) is 17.1 Å². The van der Waals surface area contributed by atoms with Crippen LogP contribution in [0.5, 0.6) is 5.75 Å².